The van der Waals surface area contributed by atoms with Gasteiger partial charge in [-0.25, -0.2) is 4.79 Å². The molecule has 0 aliphatic rings. The molecular weight excluding hydrogens is 416 g/mol. The van der Waals surface area contributed by atoms with Crippen molar-refractivity contribution in [2.45, 2.75) is 12.5 Å². The molecule has 7 nitrogen and oxygen atoms in total. The highest BCUT2D eigenvalue weighted by molar-refractivity contribution is 7.12. The Bertz CT molecular complexity index is 1040. The Morgan fingerprint density at radius 2 is 1.52 bits per heavy atom. The molecule has 1 atom stereocenters. The molecule has 0 fully saturated rings. The van der Waals surface area contributed by atoms with Crippen molar-refractivity contribution in [3.05, 3.63) is 94.2 Å². The molecule has 0 aliphatic carbocycles. The average Bonchev–Trinajstić information content (AvgIpc) is 3.33. The van der Waals surface area contributed by atoms with Gasteiger partial charge in [-0.2, -0.15) is 0 Å². The summed E-state index contributed by atoms with van der Waals surface area (Å²) < 4.78 is 5.08. The predicted molar refractivity (Wildman–Crippen MR) is 116 cm³/mol. The Labute approximate surface area is 183 Å². The average molecular weight is 436 g/mol. The van der Waals surface area contributed by atoms with Crippen molar-refractivity contribution in [3.8, 4) is 0 Å². The van der Waals surface area contributed by atoms with E-state index >= 15 is 0 Å². The van der Waals surface area contributed by atoms with Gasteiger partial charge in [0, 0.05) is 12.0 Å². The lowest BCUT2D eigenvalue weighted by Crippen LogP contribution is -2.44. The molecule has 0 saturated heterocycles. The van der Waals surface area contributed by atoms with Crippen molar-refractivity contribution in [1.29, 1.82) is 0 Å². The summed E-state index contributed by atoms with van der Waals surface area (Å²) in [4.78, 5) is 49.4. The number of ether oxygens (including phenoxy) is 1. The third-order valence-corrected chi connectivity index (χ3v) is 5.12. The fourth-order valence-electron chi connectivity index (χ4n) is 2.74. The maximum absolute atomic E-state index is 12.6. The van der Waals surface area contributed by atoms with E-state index in [0.717, 1.165) is 5.56 Å². The zero-order valence-corrected chi connectivity index (χ0v) is 17.3. The minimum absolute atomic E-state index is 0.188. The van der Waals surface area contributed by atoms with Crippen LogP contribution >= 0.6 is 11.3 Å². The van der Waals surface area contributed by atoms with Gasteiger partial charge >= 0.3 is 5.97 Å². The standard InChI is InChI=1S/C23H20N2O5S/c26-20(25-22(28)19-12-7-13-31-19)15-30-23(29)18(14-16-8-3-1-4-9-16)24-21(27)17-10-5-2-6-11-17/h1-13,18H,14-15H2,(H,24,27)(H,25,26,28). The highest BCUT2D eigenvalue weighted by Crippen LogP contribution is 2.08. The third-order valence-electron chi connectivity index (χ3n) is 4.25. The second-order valence-electron chi connectivity index (χ2n) is 6.54. The maximum atomic E-state index is 12.6. The first-order valence-electron chi connectivity index (χ1n) is 9.47. The van der Waals surface area contributed by atoms with Crippen LogP contribution in [0.5, 0.6) is 0 Å². The molecule has 0 bridgehead atoms. The molecule has 0 aliphatic heterocycles. The number of nitrogens with one attached hydrogen (secondary N) is 2. The molecular formula is C23H20N2O5S. The zero-order chi connectivity index (χ0) is 22.1. The molecule has 1 heterocycles. The highest BCUT2D eigenvalue weighted by atomic mass is 32.1. The Morgan fingerprint density at radius 3 is 2.16 bits per heavy atom. The van der Waals surface area contributed by atoms with Crippen LogP contribution in [0.4, 0.5) is 0 Å². The van der Waals surface area contributed by atoms with Crippen molar-refractivity contribution in [2.24, 2.45) is 0 Å². The Kier molecular flexibility index (Phi) is 7.67. The zero-order valence-electron chi connectivity index (χ0n) is 16.4. The van der Waals surface area contributed by atoms with Gasteiger partial charge in [-0.1, -0.05) is 54.6 Å². The summed E-state index contributed by atoms with van der Waals surface area (Å²) in [6.07, 6.45) is 0.188. The topological polar surface area (TPSA) is 102 Å². The number of carbonyl (C=O) groups is 4. The first-order chi connectivity index (χ1) is 15.0. The van der Waals surface area contributed by atoms with Crippen molar-refractivity contribution in [2.75, 3.05) is 6.61 Å². The van der Waals surface area contributed by atoms with Gasteiger partial charge in [-0.3, -0.25) is 19.7 Å². The first kappa shape index (κ1) is 21.9. The van der Waals surface area contributed by atoms with E-state index in [1.54, 1.807) is 47.8 Å². The van der Waals surface area contributed by atoms with E-state index in [1.807, 2.05) is 30.3 Å². The van der Waals surface area contributed by atoms with E-state index in [2.05, 4.69) is 10.6 Å². The number of imide groups is 1. The van der Waals surface area contributed by atoms with E-state index in [-0.39, 0.29) is 6.42 Å². The third kappa shape index (κ3) is 6.61. The van der Waals surface area contributed by atoms with E-state index in [4.69, 9.17) is 4.74 Å². The van der Waals surface area contributed by atoms with Crippen molar-refractivity contribution in [1.82, 2.24) is 10.6 Å². The van der Waals surface area contributed by atoms with E-state index in [9.17, 15) is 19.2 Å². The first-order valence-corrected chi connectivity index (χ1v) is 10.3. The minimum atomic E-state index is -1.00. The number of esters is 1. The monoisotopic (exact) mass is 436 g/mol. The van der Waals surface area contributed by atoms with Crippen LogP contribution in [-0.2, 0) is 20.7 Å². The van der Waals surface area contributed by atoms with Gasteiger partial charge in [-0.05, 0) is 29.1 Å². The van der Waals surface area contributed by atoms with Gasteiger partial charge in [0.15, 0.2) is 6.61 Å². The second-order valence-corrected chi connectivity index (χ2v) is 7.49. The number of amides is 3. The van der Waals surface area contributed by atoms with Crippen LogP contribution in [0.1, 0.15) is 25.6 Å². The smallest absolute Gasteiger partial charge is 0.329 e. The summed E-state index contributed by atoms with van der Waals surface area (Å²) in [6, 6.07) is 19.9. The molecule has 0 radical (unpaired) electrons. The van der Waals surface area contributed by atoms with Crippen LogP contribution in [0, 0.1) is 0 Å². The number of thiophene rings is 1. The number of benzene rings is 2. The lowest BCUT2D eigenvalue weighted by molar-refractivity contribution is -0.150. The van der Waals surface area contributed by atoms with Crippen molar-refractivity contribution in [3.63, 3.8) is 0 Å². The van der Waals surface area contributed by atoms with Gasteiger partial charge in [0.2, 0.25) is 0 Å². The summed E-state index contributed by atoms with van der Waals surface area (Å²) in [6.45, 7) is -0.636. The van der Waals surface area contributed by atoms with Gasteiger partial charge in [-0.15, -0.1) is 11.3 Å². The summed E-state index contributed by atoms with van der Waals surface area (Å²) >= 11 is 1.19. The highest BCUT2D eigenvalue weighted by Gasteiger charge is 2.24. The van der Waals surface area contributed by atoms with E-state index in [0.29, 0.717) is 10.4 Å². The van der Waals surface area contributed by atoms with Crippen LogP contribution in [0.3, 0.4) is 0 Å². The van der Waals surface area contributed by atoms with Crippen molar-refractivity contribution < 1.29 is 23.9 Å². The summed E-state index contributed by atoms with van der Waals surface area (Å²) in [5.41, 5.74) is 1.21. The van der Waals surface area contributed by atoms with Crippen LogP contribution in [0.25, 0.3) is 0 Å². The van der Waals surface area contributed by atoms with E-state index < -0.39 is 36.3 Å². The number of hydrogen-bond donors (Lipinski definition) is 2. The molecule has 1 aromatic heterocycles. The largest absolute Gasteiger partial charge is 0.454 e. The van der Waals surface area contributed by atoms with Crippen LogP contribution < -0.4 is 10.6 Å². The fraction of sp³-hybridized carbons (Fsp3) is 0.130. The minimum Gasteiger partial charge on any atom is -0.454 e. The molecule has 0 spiro atoms. The van der Waals surface area contributed by atoms with Crippen LogP contribution in [0.2, 0.25) is 0 Å². The molecule has 8 heteroatoms. The number of hydrogen-bond acceptors (Lipinski definition) is 6. The quantitative estimate of drug-likeness (QED) is 0.529. The molecule has 2 N–H and O–H groups in total. The van der Waals surface area contributed by atoms with Crippen LogP contribution in [0.15, 0.2) is 78.2 Å². The molecule has 3 amide bonds. The second kappa shape index (κ2) is 10.8. The lowest BCUT2D eigenvalue weighted by Gasteiger charge is -2.18. The van der Waals surface area contributed by atoms with E-state index in [1.165, 1.54) is 11.3 Å². The Hall–Kier alpha value is -3.78. The lowest BCUT2D eigenvalue weighted by atomic mass is 10.1. The summed E-state index contributed by atoms with van der Waals surface area (Å²) in [7, 11) is 0. The van der Waals surface area contributed by atoms with Gasteiger partial charge < -0.3 is 10.1 Å². The number of rotatable bonds is 8. The van der Waals surface area contributed by atoms with Gasteiger partial charge in [0.1, 0.15) is 6.04 Å². The molecule has 0 saturated carbocycles. The SMILES string of the molecule is O=C(COC(=O)C(Cc1ccccc1)NC(=O)c1ccccc1)NC(=O)c1cccs1. The summed E-state index contributed by atoms with van der Waals surface area (Å²) in [5.74, 6) is -2.52. The molecule has 158 valence electrons. The maximum Gasteiger partial charge on any atom is 0.329 e. The summed E-state index contributed by atoms with van der Waals surface area (Å²) in [5, 5.41) is 6.53. The molecule has 2 aromatic carbocycles. The molecule has 3 rings (SSSR count). The number of carbonyl (C=O) groups excluding carboxylic acids is 4. The van der Waals surface area contributed by atoms with Crippen LogP contribution in [-0.4, -0.2) is 36.3 Å². The predicted octanol–water partition coefficient (Wildman–Crippen LogP) is 2.59. The molecule has 1 unspecified atom stereocenters. The molecule has 31 heavy (non-hydrogen) atoms. The van der Waals surface area contributed by atoms with Gasteiger partial charge in [0.05, 0.1) is 4.88 Å². The Balaban J connectivity index is 1.61. The fourth-order valence-corrected chi connectivity index (χ4v) is 3.36. The normalized spacial score (nSPS) is 11.2. The molecule has 3 aromatic rings. The van der Waals surface area contributed by atoms with Gasteiger partial charge in [0.25, 0.3) is 17.7 Å². The Morgan fingerprint density at radius 1 is 0.839 bits per heavy atom. The van der Waals surface area contributed by atoms with Crippen molar-refractivity contribution >= 4 is 35.0 Å².